The lowest BCUT2D eigenvalue weighted by Crippen LogP contribution is -1.84. The Labute approximate surface area is 99.6 Å². The van der Waals surface area contributed by atoms with Crippen molar-refractivity contribution in [2.24, 2.45) is 0 Å². The first-order chi connectivity index (χ1) is 7.99. The summed E-state index contributed by atoms with van der Waals surface area (Å²) in [6, 6.07) is 8.72. The van der Waals surface area contributed by atoms with Gasteiger partial charge in [-0.15, -0.1) is 0 Å². The summed E-state index contributed by atoms with van der Waals surface area (Å²) in [6.45, 7) is 4.02. The van der Waals surface area contributed by atoms with Gasteiger partial charge in [-0.2, -0.15) is 0 Å². The third-order valence-electron chi connectivity index (χ3n) is 2.91. The SMILES string of the molecule is Cc1ccc(-c2cc(O)c(O)c(O)c2)cc1C. The molecule has 0 unspecified atom stereocenters. The fraction of sp³-hybridized carbons (Fsp3) is 0.143. The molecule has 0 aliphatic heterocycles. The van der Waals surface area contributed by atoms with Gasteiger partial charge in [0.2, 0.25) is 0 Å². The van der Waals surface area contributed by atoms with Crippen LogP contribution in [-0.2, 0) is 0 Å². The van der Waals surface area contributed by atoms with Gasteiger partial charge in [0.05, 0.1) is 0 Å². The zero-order valence-corrected chi connectivity index (χ0v) is 9.73. The maximum atomic E-state index is 9.46. The predicted molar refractivity (Wildman–Crippen MR) is 66.3 cm³/mol. The van der Waals surface area contributed by atoms with Crippen molar-refractivity contribution >= 4 is 0 Å². The van der Waals surface area contributed by atoms with E-state index < -0.39 is 5.75 Å². The molecule has 0 heterocycles. The molecule has 17 heavy (non-hydrogen) atoms. The molecule has 0 amide bonds. The average Bonchev–Trinajstić information content (AvgIpc) is 2.29. The van der Waals surface area contributed by atoms with E-state index in [0.717, 1.165) is 11.1 Å². The molecule has 2 rings (SSSR count). The Kier molecular flexibility index (Phi) is 2.68. The summed E-state index contributed by atoms with van der Waals surface area (Å²) in [5.41, 5.74) is 3.87. The highest BCUT2D eigenvalue weighted by Crippen LogP contribution is 2.39. The molecule has 0 aliphatic rings. The number of benzene rings is 2. The van der Waals surface area contributed by atoms with Gasteiger partial charge in [-0.05, 0) is 48.2 Å². The molecule has 0 radical (unpaired) electrons. The highest BCUT2D eigenvalue weighted by Gasteiger charge is 2.09. The minimum absolute atomic E-state index is 0.321. The maximum absolute atomic E-state index is 9.46. The lowest BCUT2D eigenvalue weighted by molar-refractivity contribution is 0.368. The van der Waals surface area contributed by atoms with Crippen molar-refractivity contribution in [1.82, 2.24) is 0 Å². The summed E-state index contributed by atoms with van der Waals surface area (Å²) >= 11 is 0. The van der Waals surface area contributed by atoms with E-state index in [4.69, 9.17) is 0 Å². The largest absolute Gasteiger partial charge is 0.504 e. The van der Waals surface area contributed by atoms with E-state index in [1.54, 1.807) is 0 Å². The number of aromatic hydroxyl groups is 3. The average molecular weight is 230 g/mol. The molecule has 0 saturated heterocycles. The zero-order valence-electron chi connectivity index (χ0n) is 9.73. The second-order valence-corrected chi connectivity index (χ2v) is 4.16. The molecule has 0 bridgehead atoms. The van der Waals surface area contributed by atoms with Gasteiger partial charge >= 0.3 is 0 Å². The Morgan fingerprint density at radius 3 is 1.82 bits per heavy atom. The number of phenols is 3. The summed E-state index contributed by atoms with van der Waals surface area (Å²) in [4.78, 5) is 0. The minimum Gasteiger partial charge on any atom is -0.504 e. The first-order valence-corrected chi connectivity index (χ1v) is 5.31. The van der Waals surface area contributed by atoms with E-state index in [2.05, 4.69) is 0 Å². The first-order valence-electron chi connectivity index (χ1n) is 5.31. The molecule has 0 spiro atoms. The maximum Gasteiger partial charge on any atom is 0.200 e. The Morgan fingerprint density at radius 1 is 0.706 bits per heavy atom. The summed E-state index contributed by atoms with van der Waals surface area (Å²) in [5.74, 6) is -1.13. The number of hydrogen-bond donors (Lipinski definition) is 3. The minimum atomic E-state index is -0.488. The smallest absolute Gasteiger partial charge is 0.200 e. The van der Waals surface area contributed by atoms with Crippen molar-refractivity contribution in [3.8, 4) is 28.4 Å². The first kappa shape index (κ1) is 11.3. The van der Waals surface area contributed by atoms with E-state index in [-0.39, 0.29) is 11.5 Å². The van der Waals surface area contributed by atoms with Crippen molar-refractivity contribution in [3.05, 3.63) is 41.5 Å². The van der Waals surface area contributed by atoms with Crippen LogP contribution in [0.25, 0.3) is 11.1 Å². The molecular weight excluding hydrogens is 216 g/mol. The standard InChI is InChI=1S/C14H14O3/c1-8-3-4-10(5-9(8)2)11-6-12(15)14(17)13(16)7-11/h3-7,15-17H,1-2H3. The van der Waals surface area contributed by atoms with Crippen LogP contribution in [0.4, 0.5) is 0 Å². The molecular formula is C14H14O3. The van der Waals surface area contributed by atoms with Crippen molar-refractivity contribution < 1.29 is 15.3 Å². The van der Waals surface area contributed by atoms with Crippen LogP contribution in [0.2, 0.25) is 0 Å². The second-order valence-electron chi connectivity index (χ2n) is 4.16. The lowest BCUT2D eigenvalue weighted by atomic mass is 10.00. The normalized spacial score (nSPS) is 10.5. The van der Waals surface area contributed by atoms with Crippen LogP contribution in [0.5, 0.6) is 17.2 Å². The molecule has 0 aliphatic carbocycles. The van der Waals surface area contributed by atoms with Crippen LogP contribution >= 0.6 is 0 Å². The lowest BCUT2D eigenvalue weighted by Gasteiger charge is -2.08. The van der Waals surface area contributed by atoms with E-state index in [0.29, 0.717) is 5.56 Å². The van der Waals surface area contributed by atoms with Crippen LogP contribution in [-0.4, -0.2) is 15.3 Å². The van der Waals surface area contributed by atoms with Crippen molar-refractivity contribution in [3.63, 3.8) is 0 Å². The summed E-state index contributed by atoms with van der Waals surface area (Å²) < 4.78 is 0. The van der Waals surface area contributed by atoms with Crippen LogP contribution in [0.1, 0.15) is 11.1 Å². The molecule has 0 fully saturated rings. The summed E-state index contributed by atoms with van der Waals surface area (Å²) in [5, 5.41) is 28.2. The third kappa shape index (κ3) is 2.04. The molecule has 2 aromatic carbocycles. The predicted octanol–water partition coefficient (Wildman–Crippen LogP) is 3.09. The second kappa shape index (κ2) is 4.01. The summed E-state index contributed by atoms with van der Waals surface area (Å²) in [7, 11) is 0. The van der Waals surface area contributed by atoms with Crippen molar-refractivity contribution in [1.29, 1.82) is 0 Å². The van der Waals surface area contributed by atoms with Gasteiger partial charge in [0.25, 0.3) is 0 Å². The van der Waals surface area contributed by atoms with Gasteiger partial charge in [0.15, 0.2) is 17.2 Å². The highest BCUT2D eigenvalue weighted by atomic mass is 16.3. The molecule has 3 N–H and O–H groups in total. The Hall–Kier alpha value is -2.16. The fourth-order valence-corrected chi connectivity index (χ4v) is 1.69. The van der Waals surface area contributed by atoms with E-state index in [1.807, 2.05) is 32.0 Å². The molecule has 88 valence electrons. The van der Waals surface area contributed by atoms with Gasteiger partial charge in [-0.1, -0.05) is 18.2 Å². The Morgan fingerprint density at radius 2 is 1.29 bits per heavy atom. The Bertz CT molecular complexity index is 551. The van der Waals surface area contributed by atoms with Gasteiger partial charge in [0, 0.05) is 0 Å². The molecule has 3 heteroatoms. The van der Waals surface area contributed by atoms with Gasteiger partial charge in [-0.25, -0.2) is 0 Å². The van der Waals surface area contributed by atoms with Crippen LogP contribution in [0.3, 0.4) is 0 Å². The van der Waals surface area contributed by atoms with E-state index in [9.17, 15) is 15.3 Å². The highest BCUT2D eigenvalue weighted by molar-refractivity contribution is 5.71. The molecule has 2 aromatic rings. The molecule has 0 saturated carbocycles. The number of hydrogen-bond acceptors (Lipinski definition) is 3. The molecule has 0 aromatic heterocycles. The van der Waals surface area contributed by atoms with Crippen molar-refractivity contribution in [2.75, 3.05) is 0 Å². The van der Waals surface area contributed by atoms with E-state index >= 15 is 0 Å². The van der Waals surface area contributed by atoms with Crippen LogP contribution < -0.4 is 0 Å². The fourth-order valence-electron chi connectivity index (χ4n) is 1.69. The van der Waals surface area contributed by atoms with Gasteiger partial charge < -0.3 is 15.3 Å². The monoisotopic (exact) mass is 230 g/mol. The van der Waals surface area contributed by atoms with Gasteiger partial charge in [-0.3, -0.25) is 0 Å². The number of rotatable bonds is 1. The van der Waals surface area contributed by atoms with Crippen LogP contribution in [0, 0.1) is 13.8 Å². The number of aryl methyl sites for hydroxylation is 2. The number of phenolic OH excluding ortho intramolecular Hbond substituents is 3. The molecule has 3 nitrogen and oxygen atoms in total. The van der Waals surface area contributed by atoms with Gasteiger partial charge in [0.1, 0.15) is 0 Å². The van der Waals surface area contributed by atoms with E-state index in [1.165, 1.54) is 17.7 Å². The summed E-state index contributed by atoms with van der Waals surface area (Å²) in [6.07, 6.45) is 0. The zero-order chi connectivity index (χ0) is 12.6. The molecule has 0 atom stereocenters. The quantitative estimate of drug-likeness (QED) is 0.660. The Balaban J connectivity index is 2.57. The van der Waals surface area contributed by atoms with Crippen LogP contribution in [0.15, 0.2) is 30.3 Å². The third-order valence-corrected chi connectivity index (χ3v) is 2.91. The topological polar surface area (TPSA) is 60.7 Å². The van der Waals surface area contributed by atoms with Crippen molar-refractivity contribution in [2.45, 2.75) is 13.8 Å².